The molecule has 32 heavy (non-hydrogen) atoms. The van der Waals surface area contributed by atoms with Crippen molar-refractivity contribution in [1.29, 1.82) is 0 Å². The summed E-state index contributed by atoms with van der Waals surface area (Å²) in [4.78, 5) is 17.2. The van der Waals surface area contributed by atoms with Crippen LogP contribution in [-0.2, 0) is 0 Å². The van der Waals surface area contributed by atoms with Crippen LogP contribution >= 0.6 is 0 Å². The fourth-order valence-corrected chi connectivity index (χ4v) is 3.62. The van der Waals surface area contributed by atoms with Gasteiger partial charge in [-0.15, -0.1) is 10.2 Å². The third kappa shape index (κ3) is 3.74. The summed E-state index contributed by atoms with van der Waals surface area (Å²) in [5, 5.41) is 12.2. The van der Waals surface area contributed by atoms with Crippen LogP contribution in [0, 0.1) is 13.8 Å². The lowest BCUT2D eigenvalue weighted by molar-refractivity contribution is 0.102. The third-order valence-electron chi connectivity index (χ3n) is 5.30. The summed E-state index contributed by atoms with van der Waals surface area (Å²) in [7, 11) is 0. The van der Waals surface area contributed by atoms with E-state index < -0.39 is 0 Å². The first kappa shape index (κ1) is 19.6. The van der Waals surface area contributed by atoms with Crippen LogP contribution in [0.5, 0.6) is 0 Å². The lowest BCUT2D eigenvalue weighted by atomic mass is 10.1. The molecule has 0 spiro atoms. The van der Waals surface area contributed by atoms with Crippen LogP contribution in [-0.4, -0.2) is 21.1 Å². The number of pyridine rings is 1. The molecule has 1 N–H and O–H groups in total. The van der Waals surface area contributed by atoms with Gasteiger partial charge in [0.05, 0.1) is 11.2 Å². The van der Waals surface area contributed by atoms with Gasteiger partial charge in [-0.3, -0.25) is 9.78 Å². The Hall–Kier alpha value is -4.32. The maximum absolute atomic E-state index is 12.8. The van der Waals surface area contributed by atoms with E-state index in [2.05, 4.69) is 20.5 Å². The van der Waals surface area contributed by atoms with Crippen LogP contribution in [0.15, 0.2) is 83.4 Å². The molecule has 156 valence electrons. The second-order valence-corrected chi connectivity index (χ2v) is 7.64. The van der Waals surface area contributed by atoms with Crippen LogP contribution in [0.2, 0.25) is 0 Å². The molecule has 2 heterocycles. The fourth-order valence-electron chi connectivity index (χ4n) is 3.62. The predicted octanol–water partition coefficient (Wildman–Crippen LogP) is 5.82. The second kappa shape index (κ2) is 8.07. The van der Waals surface area contributed by atoms with E-state index in [1.807, 2.05) is 62.4 Å². The van der Waals surface area contributed by atoms with Crippen molar-refractivity contribution in [2.75, 3.05) is 5.32 Å². The molecular formula is C26H20N4O2. The fraction of sp³-hybridized carbons (Fsp3) is 0.0769. The van der Waals surface area contributed by atoms with Crippen molar-refractivity contribution in [3.63, 3.8) is 0 Å². The predicted molar refractivity (Wildman–Crippen MR) is 124 cm³/mol. The normalized spacial score (nSPS) is 10.9. The highest BCUT2D eigenvalue weighted by molar-refractivity contribution is 6.09. The number of hydrogen-bond donors (Lipinski definition) is 1. The van der Waals surface area contributed by atoms with E-state index in [4.69, 9.17) is 4.42 Å². The smallest absolute Gasteiger partial charge is 0.255 e. The van der Waals surface area contributed by atoms with Crippen LogP contribution in [0.1, 0.15) is 21.5 Å². The van der Waals surface area contributed by atoms with Crippen LogP contribution in [0.4, 0.5) is 5.69 Å². The minimum Gasteiger partial charge on any atom is -0.416 e. The topological polar surface area (TPSA) is 80.9 Å². The second-order valence-electron chi connectivity index (χ2n) is 7.64. The highest BCUT2D eigenvalue weighted by Gasteiger charge is 2.13. The van der Waals surface area contributed by atoms with Gasteiger partial charge in [0.1, 0.15) is 0 Å². The van der Waals surface area contributed by atoms with Crippen molar-refractivity contribution < 1.29 is 9.21 Å². The van der Waals surface area contributed by atoms with Crippen LogP contribution < -0.4 is 5.32 Å². The molecule has 0 unspecified atom stereocenters. The number of fused-ring (bicyclic) bond motifs is 1. The van der Waals surface area contributed by atoms with Crippen molar-refractivity contribution in [2.24, 2.45) is 0 Å². The Balaban J connectivity index is 1.36. The Labute approximate surface area is 185 Å². The molecule has 6 heteroatoms. The number of nitrogens with one attached hydrogen (secondary N) is 1. The quantitative estimate of drug-likeness (QED) is 0.396. The first-order valence-corrected chi connectivity index (χ1v) is 10.3. The molecule has 3 aromatic carbocycles. The van der Waals surface area contributed by atoms with Gasteiger partial charge in [0.15, 0.2) is 0 Å². The summed E-state index contributed by atoms with van der Waals surface area (Å²) in [5.74, 6) is 0.672. The highest BCUT2D eigenvalue weighted by Crippen LogP contribution is 2.27. The largest absolute Gasteiger partial charge is 0.416 e. The van der Waals surface area contributed by atoms with Gasteiger partial charge in [-0.1, -0.05) is 23.8 Å². The number of nitrogens with zero attached hydrogens (tertiary/aromatic N) is 3. The molecule has 0 fully saturated rings. The Bertz CT molecular complexity index is 1440. The summed E-state index contributed by atoms with van der Waals surface area (Å²) >= 11 is 0. The molecule has 6 nitrogen and oxygen atoms in total. The van der Waals surface area contributed by atoms with Crippen LogP contribution in [0.3, 0.4) is 0 Å². The minimum atomic E-state index is -0.198. The molecule has 0 saturated heterocycles. The van der Waals surface area contributed by atoms with Crippen molar-refractivity contribution in [1.82, 2.24) is 15.2 Å². The monoisotopic (exact) mass is 420 g/mol. The van der Waals surface area contributed by atoms with E-state index in [1.165, 1.54) is 0 Å². The third-order valence-corrected chi connectivity index (χ3v) is 5.30. The number of carbonyl (C=O) groups excluding carboxylic acids is 1. The number of carbonyl (C=O) groups is 1. The molecule has 2 aromatic heterocycles. The molecule has 0 saturated carbocycles. The summed E-state index contributed by atoms with van der Waals surface area (Å²) < 4.78 is 5.84. The highest BCUT2D eigenvalue weighted by atomic mass is 16.4. The lowest BCUT2D eigenvalue weighted by Crippen LogP contribution is -2.12. The minimum absolute atomic E-state index is 0.198. The number of amides is 1. The zero-order chi connectivity index (χ0) is 22.1. The molecule has 5 aromatic rings. The van der Waals surface area contributed by atoms with Crippen molar-refractivity contribution >= 4 is 22.5 Å². The summed E-state index contributed by atoms with van der Waals surface area (Å²) in [5.41, 5.74) is 5.94. The zero-order valence-electron chi connectivity index (χ0n) is 17.7. The van der Waals surface area contributed by atoms with Crippen LogP contribution in [0.25, 0.3) is 33.8 Å². The van der Waals surface area contributed by atoms with E-state index in [-0.39, 0.29) is 5.91 Å². The number of aryl methyl sites for hydroxylation is 2. The lowest BCUT2D eigenvalue weighted by Gasteiger charge is -2.10. The molecule has 5 rings (SSSR count). The van der Waals surface area contributed by atoms with Gasteiger partial charge in [0, 0.05) is 28.3 Å². The summed E-state index contributed by atoms with van der Waals surface area (Å²) in [6, 6.07) is 22.7. The first-order valence-electron chi connectivity index (χ1n) is 10.3. The molecule has 0 radical (unpaired) electrons. The van der Waals surface area contributed by atoms with Gasteiger partial charge >= 0.3 is 0 Å². The maximum atomic E-state index is 12.8. The van der Waals surface area contributed by atoms with E-state index in [1.54, 1.807) is 30.5 Å². The Morgan fingerprint density at radius 1 is 0.844 bits per heavy atom. The number of anilines is 1. The van der Waals surface area contributed by atoms with Crippen molar-refractivity contribution in [3.8, 4) is 22.9 Å². The summed E-state index contributed by atoms with van der Waals surface area (Å²) in [6.45, 7) is 4.02. The zero-order valence-corrected chi connectivity index (χ0v) is 17.7. The van der Waals surface area contributed by atoms with E-state index in [9.17, 15) is 4.79 Å². The van der Waals surface area contributed by atoms with E-state index in [0.717, 1.165) is 38.8 Å². The number of hydrogen-bond acceptors (Lipinski definition) is 5. The van der Waals surface area contributed by atoms with Gasteiger partial charge in [0.25, 0.3) is 5.91 Å². The Morgan fingerprint density at radius 3 is 2.41 bits per heavy atom. The van der Waals surface area contributed by atoms with E-state index in [0.29, 0.717) is 17.3 Å². The molecule has 0 bridgehead atoms. The van der Waals surface area contributed by atoms with Gasteiger partial charge in [-0.2, -0.15) is 0 Å². The molecule has 1 amide bonds. The van der Waals surface area contributed by atoms with Crippen molar-refractivity contribution in [2.45, 2.75) is 13.8 Å². The molecule has 0 atom stereocenters. The van der Waals surface area contributed by atoms with Gasteiger partial charge in [0.2, 0.25) is 11.8 Å². The first-order chi connectivity index (χ1) is 15.6. The van der Waals surface area contributed by atoms with Gasteiger partial charge in [-0.05, 0) is 74.0 Å². The van der Waals surface area contributed by atoms with Crippen molar-refractivity contribution in [3.05, 3.63) is 95.7 Å². The molecular weight excluding hydrogens is 400 g/mol. The number of rotatable bonds is 4. The maximum Gasteiger partial charge on any atom is 0.255 e. The SMILES string of the molecule is Cc1cccc(-c2nnc(-c3ccc(C(=O)Nc4ccc(C)c5ncccc45)cc3)o2)c1. The average Bonchev–Trinajstić information content (AvgIpc) is 3.32. The molecule has 0 aliphatic rings. The summed E-state index contributed by atoms with van der Waals surface area (Å²) in [6.07, 6.45) is 1.75. The number of benzene rings is 3. The number of aromatic nitrogens is 3. The average molecular weight is 420 g/mol. The molecule has 0 aliphatic heterocycles. The Kier molecular flexibility index (Phi) is 4.95. The Morgan fingerprint density at radius 2 is 1.62 bits per heavy atom. The van der Waals surface area contributed by atoms with E-state index >= 15 is 0 Å². The van der Waals surface area contributed by atoms with Gasteiger partial charge in [-0.25, -0.2) is 0 Å². The molecule has 0 aliphatic carbocycles. The van der Waals surface area contributed by atoms with Gasteiger partial charge < -0.3 is 9.73 Å². The standard InChI is InChI=1S/C26H20N4O2/c1-16-5-3-6-20(15-16)26-30-29-25(32-26)19-11-9-18(10-12-19)24(31)28-22-13-8-17(2)23-21(22)7-4-14-27-23/h3-15H,1-2H3,(H,28,31).